The lowest BCUT2D eigenvalue weighted by atomic mass is 10.0. The molecule has 0 spiro atoms. The maximum Gasteiger partial charge on any atom is 0.264 e. The molecule has 2 aliphatic heterocycles. The van der Waals surface area contributed by atoms with Crippen LogP contribution in [0.3, 0.4) is 0 Å². The molecule has 0 aliphatic carbocycles. The highest BCUT2D eigenvalue weighted by Gasteiger charge is 2.34. The summed E-state index contributed by atoms with van der Waals surface area (Å²) < 4.78 is 52.4. The highest BCUT2D eigenvalue weighted by atomic mass is 32.2. The summed E-state index contributed by atoms with van der Waals surface area (Å²) in [5, 5.41) is 0. The second-order valence-electron chi connectivity index (χ2n) is 10.0. The number of benzene rings is 2. The summed E-state index contributed by atoms with van der Waals surface area (Å²) in [5.74, 6) is 0.506. The molecule has 7 nitrogen and oxygen atoms in total. The molecular weight excluding hydrogens is 484 g/mol. The second kappa shape index (κ2) is 9.93. The third-order valence-electron chi connectivity index (χ3n) is 6.85. The molecule has 0 bridgehead atoms. The number of sulfone groups is 1. The minimum absolute atomic E-state index is 0.0721. The highest BCUT2D eigenvalue weighted by molar-refractivity contribution is 7.92. The fourth-order valence-corrected chi connectivity index (χ4v) is 8.07. The number of carbonyl (C=O) groups is 1. The van der Waals surface area contributed by atoms with Gasteiger partial charge in [-0.15, -0.1) is 0 Å². The molecule has 1 amide bonds. The van der Waals surface area contributed by atoms with E-state index in [2.05, 4.69) is 6.92 Å². The Morgan fingerprint density at radius 1 is 1.06 bits per heavy atom. The van der Waals surface area contributed by atoms with Crippen LogP contribution >= 0.6 is 0 Å². The molecular formula is C26H34N2O5S2. The Bertz CT molecular complexity index is 1290. The molecule has 4 rings (SSSR count). The SMILES string of the molecule is CCc1ccc(N(CC(C)C)S(=O)(=O)c2ccc3c(c2)CC(=O)N3CC2CCS(=O)(=O)CC2)cc1. The first kappa shape index (κ1) is 25.7. The number of anilines is 2. The fraction of sp³-hybridized carbons (Fsp3) is 0.500. The van der Waals surface area contributed by atoms with Gasteiger partial charge in [0, 0.05) is 18.8 Å². The number of sulfonamides is 1. The van der Waals surface area contributed by atoms with E-state index in [4.69, 9.17) is 0 Å². The largest absolute Gasteiger partial charge is 0.312 e. The zero-order valence-electron chi connectivity index (χ0n) is 20.6. The Labute approximate surface area is 209 Å². The van der Waals surface area contributed by atoms with Crippen molar-refractivity contribution in [2.75, 3.05) is 33.8 Å². The van der Waals surface area contributed by atoms with E-state index < -0.39 is 19.9 Å². The van der Waals surface area contributed by atoms with E-state index in [1.165, 1.54) is 4.31 Å². The molecule has 0 aromatic heterocycles. The number of amides is 1. The summed E-state index contributed by atoms with van der Waals surface area (Å²) in [6.07, 6.45) is 2.13. The Hall–Kier alpha value is -2.39. The molecule has 2 aliphatic rings. The van der Waals surface area contributed by atoms with Crippen molar-refractivity contribution in [3.8, 4) is 0 Å². The number of hydrogen-bond donors (Lipinski definition) is 0. The van der Waals surface area contributed by atoms with Crippen LogP contribution in [0.5, 0.6) is 0 Å². The van der Waals surface area contributed by atoms with Gasteiger partial charge in [-0.3, -0.25) is 9.10 Å². The predicted octanol–water partition coefficient (Wildman–Crippen LogP) is 3.81. The van der Waals surface area contributed by atoms with Crippen LogP contribution in [0.2, 0.25) is 0 Å². The van der Waals surface area contributed by atoms with Crippen LogP contribution in [-0.2, 0) is 37.5 Å². The van der Waals surface area contributed by atoms with Gasteiger partial charge in [-0.25, -0.2) is 16.8 Å². The average Bonchev–Trinajstić information content (AvgIpc) is 3.13. The Kier molecular flexibility index (Phi) is 7.29. The molecule has 9 heteroatoms. The summed E-state index contributed by atoms with van der Waals surface area (Å²) >= 11 is 0. The summed E-state index contributed by atoms with van der Waals surface area (Å²) in [6.45, 7) is 6.84. The van der Waals surface area contributed by atoms with Crippen LogP contribution in [0, 0.1) is 11.8 Å². The normalized spacial score (nSPS) is 18.2. The van der Waals surface area contributed by atoms with Crippen LogP contribution in [0.1, 0.15) is 44.7 Å². The average molecular weight is 519 g/mol. The van der Waals surface area contributed by atoms with Crippen LogP contribution in [-0.4, -0.2) is 47.3 Å². The molecule has 2 heterocycles. The van der Waals surface area contributed by atoms with E-state index in [-0.39, 0.29) is 40.6 Å². The molecule has 190 valence electrons. The Morgan fingerprint density at radius 3 is 2.31 bits per heavy atom. The Morgan fingerprint density at radius 2 is 1.71 bits per heavy atom. The molecule has 35 heavy (non-hydrogen) atoms. The standard InChI is InChI=1S/C26H34N2O5S2/c1-4-20-5-7-23(8-6-20)28(17-19(2)3)35(32,33)24-9-10-25-22(15-24)16-26(29)27(25)18-21-11-13-34(30,31)14-12-21/h5-10,15,19,21H,4,11-14,16-18H2,1-3H3. The molecule has 2 aromatic rings. The number of rotatable bonds is 8. The monoisotopic (exact) mass is 518 g/mol. The number of hydrogen-bond acceptors (Lipinski definition) is 5. The predicted molar refractivity (Wildman–Crippen MR) is 139 cm³/mol. The van der Waals surface area contributed by atoms with E-state index in [0.717, 1.165) is 17.7 Å². The molecule has 1 fully saturated rings. The van der Waals surface area contributed by atoms with Gasteiger partial charge in [0.2, 0.25) is 5.91 Å². The molecule has 0 unspecified atom stereocenters. The first-order valence-corrected chi connectivity index (χ1v) is 15.5. The third-order valence-corrected chi connectivity index (χ3v) is 10.4. The van der Waals surface area contributed by atoms with Gasteiger partial charge < -0.3 is 4.90 Å². The number of fused-ring (bicyclic) bond motifs is 1. The lowest BCUT2D eigenvalue weighted by Crippen LogP contribution is -2.36. The van der Waals surface area contributed by atoms with E-state index in [0.29, 0.717) is 37.2 Å². The quantitative estimate of drug-likeness (QED) is 0.530. The van der Waals surface area contributed by atoms with Crippen molar-refractivity contribution in [2.24, 2.45) is 11.8 Å². The molecule has 0 saturated carbocycles. The van der Waals surface area contributed by atoms with Gasteiger partial charge in [0.05, 0.1) is 28.5 Å². The van der Waals surface area contributed by atoms with Gasteiger partial charge in [0.25, 0.3) is 10.0 Å². The van der Waals surface area contributed by atoms with Crippen molar-refractivity contribution in [2.45, 2.75) is 51.3 Å². The van der Waals surface area contributed by atoms with Crippen molar-refractivity contribution in [1.82, 2.24) is 0 Å². The first-order valence-electron chi connectivity index (χ1n) is 12.3. The zero-order valence-corrected chi connectivity index (χ0v) is 22.2. The summed E-state index contributed by atoms with van der Waals surface area (Å²) in [5.41, 5.74) is 3.19. The van der Waals surface area contributed by atoms with Gasteiger partial charge >= 0.3 is 0 Å². The van der Waals surface area contributed by atoms with E-state index in [9.17, 15) is 21.6 Å². The van der Waals surface area contributed by atoms with Gasteiger partial charge in [-0.1, -0.05) is 32.9 Å². The lowest BCUT2D eigenvalue weighted by Gasteiger charge is -2.28. The van der Waals surface area contributed by atoms with E-state index >= 15 is 0 Å². The van der Waals surface area contributed by atoms with Gasteiger partial charge in [0.15, 0.2) is 0 Å². The van der Waals surface area contributed by atoms with Crippen molar-refractivity contribution in [1.29, 1.82) is 0 Å². The number of carbonyl (C=O) groups excluding carboxylic acids is 1. The van der Waals surface area contributed by atoms with Crippen LogP contribution in [0.4, 0.5) is 11.4 Å². The maximum atomic E-state index is 13.7. The summed E-state index contributed by atoms with van der Waals surface area (Å²) in [7, 11) is -6.79. The lowest BCUT2D eigenvalue weighted by molar-refractivity contribution is -0.117. The fourth-order valence-electron chi connectivity index (χ4n) is 4.80. The topological polar surface area (TPSA) is 91.8 Å². The van der Waals surface area contributed by atoms with Gasteiger partial charge in [0.1, 0.15) is 9.84 Å². The summed E-state index contributed by atoms with van der Waals surface area (Å²) in [6, 6.07) is 12.5. The molecule has 0 atom stereocenters. The maximum absolute atomic E-state index is 13.7. The molecule has 0 radical (unpaired) electrons. The minimum Gasteiger partial charge on any atom is -0.312 e. The number of aryl methyl sites for hydroxylation is 1. The van der Waals surface area contributed by atoms with E-state index in [1.54, 1.807) is 23.1 Å². The second-order valence-corrected chi connectivity index (χ2v) is 14.2. The highest BCUT2D eigenvalue weighted by Crippen LogP contribution is 2.35. The minimum atomic E-state index is -3.83. The summed E-state index contributed by atoms with van der Waals surface area (Å²) in [4.78, 5) is 14.7. The van der Waals surface area contributed by atoms with Gasteiger partial charge in [-0.2, -0.15) is 0 Å². The first-order chi connectivity index (χ1) is 16.5. The number of nitrogens with zero attached hydrogens (tertiary/aromatic N) is 2. The van der Waals surface area contributed by atoms with Crippen molar-refractivity contribution in [3.63, 3.8) is 0 Å². The molecule has 1 saturated heterocycles. The van der Waals surface area contributed by atoms with Crippen molar-refractivity contribution >= 4 is 37.1 Å². The smallest absolute Gasteiger partial charge is 0.264 e. The van der Waals surface area contributed by atoms with Crippen LogP contribution in [0.15, 0.2) is 47.4 Å². The third kappa shape index (κ3) is 5.56. The van der Waals surface area contributed by atoms with E-state index in [1.807, 2.05) is 38.1 Å². The van der Waals surface area contributed by atoms with Crippen LogP contribution < -0.4 is 9.21 Å². The Balaban J connectivity index is 1.60. The van der Waals surface area contributed by atoms with Gasteiger partial charge in [-0.05, 0) is 72.6 Å². The molecule has 2 aromatic carbocycles. The molecule has 0 N–H and O–H groups in total. The van der Waals surface area contributed by atoms with Crippen LogP contribution in [0.25, 0.3) is 0 Å². The zero-order chi connectivity index (χ0) is 25.4. The van der Waals surface area contributed by atoms with Crippen molar-refractivity contribution < 1.29 is 21.6 Å². The van der Waals surface area contributed by atoms with Crippen molar-refractivity contribution in [3.05, 3.63) is 53.6 Å².